The second-order valence-electron chi connectivity index (χ2n) is 5.96. The summed E-state index contributed by atoms with van der Waals surface area (Å²) in [6.07, 6.45) is 1.52. The number of fused-ring (bicyclic) bond motifs is 1. The van der Waals surface area contributed by atoms with Crippen LogP contribution in [0.2, 0.25) is 0 Å². The van der Waals surface area contributed by atoms with Crippen molar-refractivity contribution in [1.29, 1.82) is 0 Å². The van der Waals surface area contributed by atoms with Crippen LogP contribution in [0, 0.1) is 0 Å². The van der Waals surface area contributed by atoms with Crippen molar-refractivity contribution >= 4 is 27.8 Å². The first-order valence-electron chi connectivity index (χ1n) is 6.75. The minimum absolute atomic E-state index is 0.128. The third-order valence-corrected chi connectivity index (χ3v) is 7.08. The summed E-state index contributed by atoms with van der Waals surface area (Å²) in [6, 6.07) is 7.52. The number of rotatable bonds is 2. The van der Waals surface area contributed by atoms with E-state index in [1.807, 2.05) is 6.07 Å². The highest BCUT2D eigenvalue weighted by atomic mass is 32.2. The van der Waals surface area contributed by atoms with Gasteiger partial charge >= 0.3 is 5.97 Å². The van der Waals surface area contributed by atoms with Crippen LogP contribution in [0.3, 0.4) is 0 Å². The molecule has 2 saturated heterocycles. The molecule has 1 aromatic carbocycles. The Morgan fingerprint density at radius 2 is 1.86 bits per heavy atom. The molecule has 0 radical (unpaired) electrons. The van der Waals surface area contributed by atoms with Crippen LogP contribution in [0.25, 0.3) is 6.08 Å². The number of sulfone groups is 1. The first-order chi connectivity index (χ1) is 10.2. The third-order valence-electron chi connectivity index (χ3n) is 4.32. The van der Waals surface area contributed by atoms with Crippen LogP contribution in [0.15, 0.2) is 35.9 Å². The Morgan fingerprint density at radius 3 is 2.41 bits per heavy atom. The van der Waals surface area contributed by atoms with Crippen LogP contribution in [0.5, 0.6) is 0 Å². The molecule has 1 N–H and O–H groups in total. The second kappa shape index (κ2) is 4.42. The standard InChI is InChI=1S/C15H15NO5S/c1-15(2)11(14(18)19)16-12(17)10(13(16)22(15,20)21)8-9-6-4-3-5-7-9/h3-8,11,13H,1-2H3,(H,18,19)/b10-8+/t11-,13+/m0/s1. The van der Waals surface area contributed by atoms with E-state index in [0.717, 1.165) is 4.90 Å². The maximum absolute atomic E-state index is 12.6. The van der Waals surface area contributed by atoms with E-state index in [9.17, 15) is 23.1 Å². The van der Waals surface area contributed by atoms with Gasteiger partial charge in [-0.2, -0.15) is 0 Å². The van der Waals surface area contributed by atoms with Crippen molar-refractivity contribution in [3.63, 3.8) is 0 Å². The van der Waals surface area contributed by atoms with Gasteiger partial charge in [-0.3, -0.25) is 4.79 Å². The van der Waals surface area contributed by atoms with Gasteiger partial charge < -0.3 is 10.0 Å². The number of hydrogen-bond donors (Lipinski definition) is 1. The monoisotopic (exact) mass is 321 g/mol. The van der Waals surface area contributed by atoms with Crippen molar-refractivity contribution in [3.05, 3.63) is 41.5 Å². The lowest BCUT2D eigenvalue weighted by Gasteiger charge is -2.37. The van der Waals surface area contributed by atoms with Gasteiger partial charge in [0.15, 0.2) is 21.3 Å². The fraction of sp³-hybridized carbons (Fsp3) is 0.333. The molecule has 6 nitrogen and oxygen atoms in total. The van der Waals surface area contributed by atoms with Gasteiger partial charge in [-0.15, -0.1) is 0 Å². The Labute approximate surface area is 128 Å². The maximum atomic E-state index is 12.6. The average molecular weight is 321 g/mol. The quantitative estimate of drug-likeness (QED) is 0.645. The minimum Gasteiger partial charge on any atom is -0.480 e. The lowest BCUT2D eigenvalue weighted by Crippen LogP contribution is -2.58. The summed E-state index contributed by atoms with van der Waals surface area (Å²) in [4.78, 5) is 24.7. The van der Waals surface area contributed by atoms with Crippen molar-refractivity contribution < 1.29 is 23.1 Å². The normalized spacial score (nSPS) is 30.0. The molecule has 2 fully saturated rings. The summed E-state index contributed by atoms with van der Waals surface area (Å²) < 4.78 is 23.8. The zero-order valence-corrected chi connectivity index (χ0v) is 12.9. The SMILES string of the molecule is CC1(C)[C@H](C(=O)O)N2C(=O)/C(=C\c3ccccc3)[C@H]2S1(=O)=O. The van der Waals surface area contributed by atoms with Gasteiger partial charge in [-0.25, -0.2) is 13.2 Å². The molecular formula is C15H15NO5S. The summed E-state index contributed by atoms with van der Waals surface area (Å²) in [5.74, 6) is -1.83. The van der Waals surface area contributed by atoms with Gasteiger partial charge in [0, 0.05) is 0 Å². The Balaban J connectivity index is 2.11. The van der Waals surface area contributed by atoms with Crippen molar-refractivity contribution in [2.24, 2.45) is 0 Å². The summed E-state index contributed by atoms with van der Waals surface area (Å²) >= 11 is 0. The number of aliphatic carboxylic acids is 1. The van der Waals surface area contributed by atoms with Crippen molar-refractivity contribution in [2.45, 2.75) is 30.0 Å². The number of hydrogen-bond acceptors (Lipinski definition) is 4. The smallest absolute Gasteiger partial charge is 0.328 e. The Morgan fingerprint density at radius 1 is 1.27 bits per heavy atom. The first kappa shape index (κ1) is 14.8. The number of carbonyl (C=O) groups is 2. The number of carboxylic acid groups (broad SMARTS) is 1. The Kier molecular flexibility index (Phi) is 2.97. The highest BCUT2D eigenvalue weighted by molar-refractivity contribution is 7.94. The largest absolute Gasteiger partial charge is 0.480 e. The summed E-state index contributed by atoms with van der Waals surface area (Å²) in [5.41, 5.74) is 0.834. The molecule has 0 aromatic heterocycles. The molecule has 0 bridgehead atoms. The zero-order valence-electron chi connectivity index (χ0n) is 12.1. The van der Waals surface area contributed by atoms with E-state index in [0.29, 0.717) is 5.56 Å². The van der Waals surface area contributed by atoms with Gasteiger partial charge in [0.25, 0.3) is 5.91 Å². The van der Waals surface area contributed by atoms with Crippen LogP contribution in [0.1, 0.15) is 19.4 Å². The van der Waals surface area contributed by atoms with Gasteiger partial charge in [0.05, 0.1) is 5.57 Å². The van der Waals surface area contributed by atoms with E-state index in [4.69, 9.17) is 0 Å². The van der Waals surface area contributed by atoms with Crippen LogP contribution in [-0.4, -0.2) is 46.5 Å². The van der Waals surface area contributed by atoms with Crippen molar-refractivity contribution in [3.8, 4) is 0 Å². The number of nitrogens with zero attached hydrogens (tertiary/aromatic N) is 1. The number of amides is 1. The zero-order chi connectivity index (χ0) is 16.3. The lowest BCUT2D eigenvalue weighted by atomic mass is 9.94. The summed E-state index contributed by atoms with van der Waals surface area (Å²) in [5, 5.41) is 8.15. The van der Waals surface area contributed by atoms with Crippen LogP contribution < -0.4 is 0 Å². The van der Waals surface area contributed by atoms with Gasteiger partial charge in [-0.1, -0.05) is 30.3 Å². The van der Waals surface area contributed by atoms with Crippen LogP contribution in [0.4, 0.5) is 0 Å². The molecular weight excluding hydrogens is 306 g/mol. The number of β-lactam (4-membered cyclic amide) rings is 1. The van der Waals surface area contributed by atoms with Crippen LogP contribution in [-0.2, 0) is 19.4 Å². The molecule has 1 aromatic rings. The molecule has 7 heteroatoms. The van der Waals surface area contributed by atoms with Crippen molar-refractivity contribution in [2.75, 3.05) is 0 Å². The maximum Gasteiger partial charge on any atom is 0.328 e. The minimum atomic E-state index is -3.81. The summed E-state index contributed by atoms with van der Waals surface area (Å²) in [7, 11) is -3.81. The average Bonchev–Trinajstić information content (AvgIpc) is 2.59. The molecule has 2 heterocycles. The molecule has 2 atom stereocenters. The van der Waals surface area contributed by atoms with E-state index in [1.54, 1.807) is 24.3 Å². The van der Waals surface area contributed by atoms with Gasteiger partial charge in [-0.05, 0) is 25.5 Å². The third kappa shape index (κ3) is 1.68. The van der Waals surface area contributed by atoms with E-state index in [1.165, 1.54) is 19.9 Å². The van der Waals surface area contributed by atoms with E-state index >= 15 is 0 Å². The molecule has 3 rings (SSSR count). The number of carboxylic acids is 1. The molecule has 0 saturated carbocycles. The van der Waals surface area contributed by atoms with Gasteiger partial charge in [0.2, 0.25) is 0 Å². The molecule has 2 aliphatic heterocycles. The number of carbonyl (C=O) groups excluding carboxylic acids is 1. The number of benzene rings is 1. The predicted molar refractivity (Wildman–Crippen MR) is 79.5 cm³/mol. The molecule has 2 aliphatic rings. The first-order valence-corrected chi connectivity index (χ1v) is 8.30. The Hall–Kier alpha value is -2.15. The van der Waals surface area contributed by atoms with E-state index in [-0.39, 0.29) is 5.57 Å². The van der Waals surface area contributed by atoms with Gasteiger partial charge in [0.1, 0.15) is 4.75 Å². The van der Waals surface area contributed by atoms with Crippen LogP contribution >= 0.6 is 0 Å². The summed E-state index contributed by atoms with van der Waals surface area (Å²) in [6.45, 7) is 2.71. The fourth-order valence-electron chi connectivity index (χ4n) is 3.07. The van der Waals surface area contributed by atoms with E-state index in [2.05, 4.69) is 0 Å². The van der Waals surface area contributed by atoms with Crippen molar-refractivity contribution in [1.82, 2.24) is 4.90 Å². The highest BCUT2D eigenvalue weighted by Gasteiger charge is 2.70. The topological polar surface area (TPSA) is 91.8 Å². The highest BCUT2D eigenvalue weighted by Crippen LogP contribution is 2.48. The second-order valence-corrected chi connectivity index (χ2v) is 8.55. The molecule has 0 spiro atoms. The molecule has 0 unspecified atom stereocenters. The molecule has 0 aliphatic carbocycles. The fourth-order valence-corrected chi connectivity index (χ4v) is 5.19. The molecule has 22 heavy (non-hydrogen) atoms. The van der Waals surface area contributed by atoms with E-state index < -0.39 is 37.9 Å². The Bertz CT molecular complexity index is 794. The predicted octanol–water partition coefficient (Wildman–Crippen LogP) is 0.899. The lowest BCUT2D eigenvalue weighted by molar-refractivity contribution is -0.152. The molecule has 1 amide bonds. The molecule has 116 valence electrons.